The summed E-state index contributed by atoms with van der Waals surface area (Å²) in [6, 6.07) is 0. The van der Waals surface area contributed by atoms with E-state index in [1.807, 2.05) is 0 Å². The molecule has 0 bridgehead atoms. The Balaban J connectivity index is 2.31. The van der Waals surface area contributed by atoms with Gasteiger partial charge < -0.3 is 0 Å². The van der Waals surface area contributed by atoms with Gasteiger partial charge in [-0.1, -0.05) is 24.4 Å². The lowest BCUT2D eigenvalue weighted by Crippen LogP contribution is -2.47. The molecule has 0 N–H and O–H groups in total. The Hall–Kier alpha value is 0.174. The van der Waals surface area contributed by atoms with Gasteiger partial charge >= 0.3 is 0 Å². The van der Waals surface area contributed by atoms with Crippen LogP contribution in [0.4, 0.5) is 0 Å². The van der Waals surface area contributed by atoms with Gasteiger partial charge in [0.05, 0.1) is 8.80 Å². The van der Waals surface area contributed by atoms with Crippen LogP contribution in [0.15, 0.2) is 12.3 Å². The molecule has 1 fully saturated rings. The minimum Gasteiger partial charge on any atom is -0.107 e. The Morgan fingerprint density at radius 1 is 1.50 bits per heavy atom. The molecule has 1 saturated heterocycles. The normalized spacial score (nSPS) is 26.8. The lowest BCUT2D eigenvalue weighted by molar-refractivity contribution is 1.43. The summed E-state index contributed by atoms with van der Waals surface area (Å²) in [5, 5.41) is 0. The SMILES string of the molecule is C=C[Si]1C[Si](C)(C)C1. The minimum absolute atomic E-state index is 0.0314. The maximum Gasteiger partial charge on any atom is 0.0694 e. The summed E-state index contributed by atoms with van der Waals surface area (Å²) < 4.78 is 0. The van der Waals surface area contributed by atoms with Crippen LogP contribution in [-0.4, -0.2) is 16.9 Å². The largest absolute Gasteiger partial charge is 0.107 e. The van der Waals surface area contributed by atoms with Crippen LogP contribution >= 0.6 is 0 Å². The molecule has 45 valence electrons. The van der Waals surface area contributed by atoms with Crippen LogP contribution < -0.4 is 0 Å². The van der Waals surface area contributed by atoms with Crippen molar-refractivity contribution in [3.63, 3.8) is 0 Å². The molecule has 1 heterocycles. The highest BCUT2D eigenvalue weighted by molar-refractivity contribution is 7.06. The zero-order chi connectivity index (χ0) is 6.20. The molecule has 0 aliphatic carbocycles. The predicted molar refractivity (Wildman–Crippen MR) is 43.0 cm³/mol. The second kappa shape index (κ2) is 1.85. The van der Waals surface area contributed by atoms with Crippen LogP contribution in [0.1, 0.15) is 0 Å². The van der Waals surface area contributed by atoms with Crippen LogP contribution in [0.3, 0.4) is 0 Å². The fourth-order valence-electron chi connectivity index (χ4n) is 1.32. The molecule has 0 aromatic heterocycles. The molecular formula is C6H13Si2. The highest BCUT2D eigenvalue weighted by atomic mass is 28.4. The van der Waals surface area contributed by atoms with Crippen molar-refractivity contribution in [3.05, 3.63) is 12.3 Å². The first-order valence-corrected chi connectivity index (χ1v) is 8.52. The van der Waals surface area contributed by atoms with Gasteiger partial charge in [0.15, 0.2) is 0 Å². The molecule has 0 nitrogen and oxygen atoms in total. The van der Waals surface area contributed by atoms with Crippen LogP contribution in [0.2, 0.25) is 24.4 Å². The average Bonchev–Trinajstić information content (AvgIpc) is 1.60. The van der Waals surface area contributed by atoms with Crippen molar-refractivity contribution in [1.29, 1.82) is 0 Å². The third kappa shape index (κ3) is 1.12. The smallest absolute Gasteiger partial charge is 0.0694 e. The molecule has 0 saturated carbocycles. The van der Waals surface area contributed by atoms with E-state index in [0.717, 1.165) is 0 Å². The lowest BCUT2D eigenvalue weighted by atomic mass is 11.3. The van der Waals surface area contributed by atoms with E-state index < -0.39 is 8.07 Å². The molecule has 0 aromatic rings. The third-order valence-corrected chi connectivity index (χ3v) is 13.6. The summed E-state index contributed by atoms with van der Waals surface area (Å²) >= 11 is 0. The van der Waals surface area contributed by atoms with Gasteiger partial charge in [0.25, 0.3) is 0 Å². The zero-order valence-electron chi connectivity index (χ0n) is 5.70. The maximum atomic E-state index is 3.82. The average molecular weight is 141 g/mol. The van der Waals surface area contributed by atoms with E-state index in [4.69, 9.17) is 0 Å². The van der Waals surface area contributed by atoms with Gasteiger partial charge in [-0.05, 0) is 0 Å². The molecular weight excluding hydrogens is 128 g/mol. The van der Waals surface area contributed by atoms with Crippen LogP contribution in [0, 0.1) is 0 Å². The molecule has 0 atom stereocenters. The van der Waals surface area contributed by atoms with Crippen LogP contribution in [-0.2, 0) is 0 Å². The topological polar surface area (TPSA) is 0 Å². The summed E-state index contributed by atoms with van der Waals surface area (Å²) in [6.07, 6.45) is 0. The van der Waals surface area contributed by atoms with Gasteiger partial charge in [-0.3, -0.25) is 0 Å². The van der Waals surface area contributed by atoms with Gasteiger partial charge in [-0.25, -0.2) is 0 Å². The molecule has 1 aliphatic rings. The van der Waals surface area contributed by atoms with E-state index >= 15 is 0 Å². The van der Waals surface area contributed by atoms with E-state index in [2.05, 4.69) is 25.4 Å². The molecule has 1 aliphatic heterocycles. The molecule has 2 heteroatoms. The van der Waals surface area contributed by atoms with E-state index in [1.165, 1.54) is 0 Å². The lowest BCUT2D eigenvalue weighted by Gasteiger charge is -2.37. The van der Waals surface area contributed by atoms with Gasteiger partial charge in [0.1, 0.15) is 0 Å². The summed E-state index contributed by atoms with van der Waals surface area (Å²) in [5.41, 5.74) is 5.38. The molecule has 8 heavy (non-hydrogen) atoms. The quantitative estimate of drug-likeness (QED) is 0.490. The first-order chi connectivity index (χ1) is 3.64. The van der Waals surface area contributed by atoms with E-state index in [-0.39, 0.29) is 8.80 Å². The van der Waals surface area contributed by atoms with Crippen molar-refractivity contribution in [3.8, 4) is 0 Å². The van der Waals surface area contributed by atoms with E-state index in [1.54, 1.807) is 11.3 Å². The van der Waals surface area contributed by atoms with Crippen molar-refractivity contribution in [2.75, 3.05) is 0 Å². The predicted octanol–water partition coefficient (Wildman–Crippen LogP) is 2.01. The second-order valence-electron chi connectivity index (χ2n) is 3.38. The van der Waals surface area contributed by atoms with E-state index in [0.29, 0.717) is 0 Å². The Labute approximate surface area is 54.2 Å². The Kier molecular flexibility index (Phi) is 1.45. The Morgan fingerprint density at radius 3 is 2.12 bits per heavy atom. The van der Waals surface area contributed by atoms with E-state index in [9.17, 15) is 0 Å². The highest BCUT2D eigenvalue weighted by Crippen LogP contribution is 2.30. The first-order valence-electron chi connectivity index (χ1n) is 3.11. The monoisotopic (exact) mass is 141 g/mol. The third-order valence-electron chi connectivity index (χ3n) is 1.70. The van der Waals surface area contributed by atoms with Crippen molar-refractivity contribution in [2.24, 2.45) is 0 Å². The maximum absolute atomic E-state index is 3.82. The number of hydrogen-bond donors (Lipinski definition) is 0. The first kappa shape index (κ1) is 6.30. The fraction of sp³-hybridized carbons (Fsp3) is 0.667. The molecule has 0 spiro atoms. The van der Waals surface area contributed by atoms with Crippen molar-refractivity contribution in [1.82, 2.24) is 0 Å². The standard InChI is InChI=1S/C6H13Si2/c1-4-7-5-8(2,3)6-7/h4H,1,5-6H2,2-3H3. The number of rotatable bonds is 1. The molecule has 0 unspecified atom stereocenters. The highest BCUT2D eigenvalue weighted by Gasteiger charge is 2.36. The van der Waals surface area contributed by atoms with Gasteiger partial charge in [-0.2, -0.15) is 0 Å². The summed E-state index contributed by atoms with van der Waals surface area (Å²) in [7, 11) is -0.529. The number of hydrogen-bond acceptors (Lipinski definition) is 0. The summed E-state index contributed by atoms with van der Waals surface area (Å²) in [4.78, 5) is 0. The second-order valence-corrected chi connectivity index (χ2v) is 12.3. The van der Waals surface area contributed by atoms with Crippen molar-refractivity contribution in [2.45, 2.75) is 24.4 Å². The Bertz CT molecular complexity index is 99.1. The minimum atomic E-state index is -0.561. The van der Waals surface area contributed by atoms with Crippen LogP contribution in [0.5, 0.6) is 0 Å². The molecule has 1 radical (unpaired) electrons. The van der Waals surface area contributed by atoms with Crippen molar-refractivity contribution < 1.29 is 0 Å². The van der Waals surface area contributed by atoms with Gasteiger partial charge in [0, 0.05) is 8.07 Å². The van der Waals surface area contributed by atoms with Crippen LogP contribution in [0.25, 0.3) is 0 Å². The van der Waals surface area contributed by atoms with Crippen molar-refractivity contribution >= 4 is 16.9 Å². The summed E-state index contributed by atoms with van der Waals surface area (Å²) in [5.74, 6) is 0. The fourth-order valence-corrected chi connectivity index (χ4v) is 11.9. The molecule has 1 rings (SSSR count). The van der Waals surface area contributed by atoms with Gasteiger partial charge in [-0.15, -0.1) is 12.3 Å². The summed E-state index contributed by atoms with van der Waals surface area (Å²) in [6.45, 7) is 8.77. The molecule has 0 aromatic carbocycles. The molecule has 0 amide bonds. The van der Waals surface area contributed by atoms with Gasteiger partial charge in [0.2, 0.25) is 0 Å². The zero-order valence-corrected chi connectivity index (χ0v) is 7.70. The Morgan fingerprint density at radius 2 is 2.00 bits per heavy atom.